The van der Waals surface area contributed by atoms with E-state index < -0.39 is 0 Å². The van der Waals surface area contributed by atoms with Crippen LogP contribution < -0.4 is 0 Å². The Labute approximate surface area is 134 Å². The van der Waals surface area contributed by atoms with Gasteiger partial charge in [0.15, 0.2) is 0 Å². The quantitative estimate of drug-likeness (QED) is 0.828. The SMILES string of the molecule is CN(Cc1ccccc1)C1CCN(Cc2ccccc2)CC1. The van der Waals surface area contributed by atoms with Crippen LogP contribution >= 0.6 is 0 Å². The monoisotopic (exact) mass is 294 g/mol. The molecule has 116 valence electrons. The molecule has 0 amide bonds. The largest absolute Gasteiger partial charge is 0.299 e. The fourth-order valence-corrected chi connectivity index (χ4v) is 3.36. The van der Waals surface area contributed by atoms with Gasteiger partial charge in [-0.15, -0.1) is 0 Å². The molecule has 2 nitrogen and oxygen atoms in total. The van der Waals surface area contributed by atoms with Crippen LogP contribution in [0, 0.1) is 0 Å². The van der Waals surface area contributed by atoms with Crippen LogP contribution in [0.25, 0.3) is 0 Å². The minimum atomic E-state index is 0.715. The molecule has 2 aromatic rings. The first-order valence-electron chi connectivity index (χ1n) is 8.32. The summed E-state index contributed by atoms with van der Waals surface area (Å²) in [6.45, 7) is 4.57. The summed E-state index contributed by atoms with van der Waals surface area (Å²) in [7, 11) is 2.27. The van der Waals surface area contributed by atoms with Gasteiger partial charge in [0.1, 0.15) is 0 Å². The van der Waals surface area contributed by atoms with Crippen molar-refractivity contribution in [1.29, 1.82) is 0 Å². The van der Waals surface area contributed by atoms with Gasteiger partial charge in [-0.05, 0) is 44.1 Å². The van der Waals surface area contributed by atoms with Crippen LogP contribution in [0.5, 0.6) is 0 Å². The first-order valence-corrected chi connectivity index (χ1v) is 8.32. The predicted molar refractivity (Wildman–Crippen MR) is 92.7 cm³/mol. The summed E-state index contributed by atoms with van der Waals surface area (Å²) in [6.07, 6.45) is 2.55. The van der Waals surface area contributed by atoms with E-state index in [1.165, 1.54) is 37.1 Å². The van der Waals surface area contributed by atoms with E-state index in [1.54, 1.807) is 0 Å². The lowest BCUT2D eigenvalue weighted by atomic mass is 10.0. The van der Waals surface area contributed by atoms with Gasteiger partial charge in [0.25, 0.3) is 0 Å². The highest BCUT2D eigenvalue weighted by molar-refractivity contribution is 5.15. The maximum absolute atomic E-state index is 2.59. The van der Waals surface area contributed by atoms with E-state index in [9.17, 15) is 0 Å². The zero-order valence-electron chi connectivity index (χ0n) is 13.5. The Bertz CT molecular complexity index is 544. The third-order valence-corrected chi connectivity index (χ3v) is 4.70. The Morgan fingerprint density at radius 3 is 2.00 bits per heavy atom. The molecule has 0 bridgehead atoms. The molecule has 0 radical (unpaired) electrons. The van der Waals surface area contributed by atoms with E-state index in [-0.39, 0.29) is 0 Å². The van der Waals surface area contributed by atoms with E-state index >= 15 is 0 Å². The topological polar surface area (TPSA) is 6.48 Å². The summed E-state index contributed by atoms with van der Waals surface area (Å²) in [6, 6.07) is 22.3. The molecule has 0 unspecified atom stereocenters. The van der Waals surface area contributed by atoms with Crippen molar-refractivity contribution in [1.82, 2.24) is 9.80 Å². The molecule has 1 aliphatic heterocycles. The van der Waals surface area contributed by atoms with Gasteiger partial charge >= 0.3 is 0 Å². The Balaban J connectivity index is 1.47. The molecule has 1 saturated heterocycles. The summed E-state index contributed by atoms with van der Waals surface area (Å²) in [5.74, 6) is 0. The maximum atomic E-state index is 2.59. The van der Waals surface area contributed by atoms with Crippen molar-refractivity contribution in [2.75, 3.05) is 20.1 Å². The highest BCUT2D eigenvalue weighted by Gasteiger charge is 2.22. The highest BCUT2D eigenvalue weighted by atomic mass is 15.2. The van der Waals surface area contributed by atoms with E-state index in [1.807, 2.05) is 0 Å². The molecule has 1 aliphatic rings. The lowest BCUT2D eigenvalue weighted by Gasteiger charge is -2.36. The van der Waals surface area contributed by atoms with Crippen molar-refractivity contribution in [3.05, 3.63) is 71.8 Å². The van der Waals surface area contributed by atoms with E-state index in [2.05, 4.69) is 77.5 Å². The van der Waals surface area contributed by atoms with Crippen LogP contribution in [0.2, 0.25) is 0 Å². The van der Waals surface area contributed by atoms with Crippen molar-refractivity contribution in [3.63, 3.8) is 0 Å². The van der Waals surface area contributed by atoms with Gasteiger partial charge in [0, 0.05) is 19.1 Å². The summed E-state index contributed by atoms with van der Waals surface area (Å²) >= 11 is 0. The number of piperidine rings is 1. The molecular weight excluding hydrogens is 268 g/mol. The Kier molecular flexibility index (Phi) is 5.25. The fourth-order valence-electron chi connectivity index (χ4n) is 3.36. The molecule has 3 rings (SSSR count). The summed E-state index contributed by atoms with van der Waals surface area (Å²) in [5.41, 5.74) is 2.84. The molecule has 0 saturated carbocycles. The lowest BCUT2D eigenvalue weighted by molar-refractivity contribution is 0.119. The molecule has 0 aliphatic carbocycles. The van der Waals surface area contributed by atoms with Gasteiger partial charge in [-0.1, -0.05) is 60.7 Å². The predicted octanol–water partition coefficient (Wildman–Crippen LogP) is 3.78. The number of nitrogens with zero attached hydrogens (tertiary/aromatic N) is 2. The van der Waals surface area contributed by atoms with Gasteiger partial charge in [-0.3, -0.25) is 9.80 Å². The van der Waals surface area contributed by atoms with E-state index in [0.29, 0.717) is 6.04 Å². The van der Waals surface area contributed by atoms with Crippen LogP contribution in [0.4, 0.5) is 0 Å². The van der Waals surface area contributed by atoms with Crippen LogP contribution in [-0.2, 0) is 13.1 Å². The highest BCUT2D eigenvalue weighted by Crippen LogP contribution is 2.19. The molecule has 22 heavy (non-hydrogen) atoms. The summed E-state index contributed by atoms with van der Waals surface area (Å²) in [4.78, 5) is 5.11. The lowest BCUT2D eigenvalue weighted by Crippen LogP contribution is -2.42. The van der Waals surface area contributed by atoms with Crippen LogP contribution in [0.15, 0.2) is 60.7 Å². The first kappa shape index (κ1) is 15.3. The average Bonchev–Trinajstić information content (AvgIpc) is 2.57. The molecule has 0 atom stereocenters. The van der Waals surface area contributed by atoms with Crippen LogP contribution in [-0.4, -0.2) is 36.0 Å². The second kappa shape index (κ2) is 7.57. The molecule has 0 spiro atoms. The Hall–Kier alpha value is -1.64. The van der Waals surface area contributed by atoms with Crippen molar-refractivity contribution < 1.29 is 0 Å². The van der Waals surface area contributed by atoms with Gasteiger partial charge in [-0.25, -0.2) is 0 Å². The second-order valence-corrected chi connectivity index (χ2v) is 6.39. The minimum absolute atomic E-state index is 0.715. The Morgan fingerprint density at radius 2 is 1.41 bits per heavy atom. The molecule has 0 aromatic heterocycles. The molecule has 1 fully saturated rings. The standard InChI is InChI=1S/C20H26N2/c1-21(16-18-8-4-2-5-9-18)20-12-14-22(15-13-20)17-19-10-6-3-7-11-19/h2-11,20H,12-17H2,1H3. The number of hydrogen-bond acceptors (Lipinski definition) is 2. The smallest absolute Gasteiger partial charge is 0.0233 e. The van der Waals surface area contributed by atoms with Crippen molar-refractivity contribution >= 4 is 0 Å². The third kappa shape index (κ3) is 4.19. The second-order valence-electron chi connectivity index (χ2n) is 6.39. The van der Waals surface area contributed by atoms with Crippen molar-refractivity contribution in [2.24, 2.45) is 0 Å². The minimum Gasteiger partial charge on any atom is -0.299 e. The van der Waals surface area contributed by atoms with Gasteiger partial charge in [-0.2, -0.15) is 0 Å². The Morgan fingerprint density at radius 1 is 0.864 bits per heavy atom. The molecule has 0 N–H and O–H groups in total. The maximum Gasteiger partial charge on any atom is 0.0233 e. The normalized spacial score (nSPS) is 17.0. The van der Waals surface area contributed by atoms with Gasteiger partial charge in [0.2, 0.25) is 0 Å². The number of rotatable bonds is 5. The summed E-state index contributed by atoms with van der Waals surface area (Å²) in [5, 5.41) is 0. The fraction of sp³-hybridized carbons (Fsp3) is 0.400. The van der Waals surface area contributed by atoms with Crippen molar-refractivity contribution in [3.8, 4) is 0 Å². The zero-order valence-corrected chi connectivity index (χ0v) is 13.5. The van der Waals surface area contributed by atoms with E-state index in [0.717, 1.165) is 13.1 Å². The van der Waals surface area contributed by atoms with E-state index in [4.69, 9.17) is 0 Å². The average molecular weight is 294 g/mol. The number of hydrogen-bond donors (Lipinski definition) is 0. The molecule has 2 heteroatoms. The van der Waals surface area contributed by atoms with Crippen LogP contribution in [0.3, 0.4) is 0 Å². The van der Waals surface area contributed by atoms with Gasteiger partial charge in [0.05, 0.1) is 0 Å². The molecule has 2 aromatic carbocycles. The van der Waals surface area contributed by atoms with Gasteiger partial charge < -0.3 is 0 Å². The van der Waals surface area contributed by atoms with Crippen LogP contribution in [0.1, 0.15) is 24.0 Å². The van der Waals surface area contributed by atoms with Crippen molar-refractivity contribution in [2.45, 2.75) is 32.0 Å². The summed E-state index contributed by atoms with van der Waals surface area (Å²) < 4.78 is 0. The first-order chi connectivity index (χ1) is 10.8. The molecular formula is C20H26N2. The third-order valence-electron chi connectivity index (χ3n) is 4.70. The zero-order chi connectivity index (χ0) is 15.2. The number of likely N-dealkylation sites (tertiary alicyclic amines) is 1. The molecule has 1 heterocycles. The number of benzene rings is 2.